The van der Waals surface area contributed by atoms with Crippen LogP contribution in [0, 0.1) is 0 Å². The van der Waals surface area contributed by atoms with Gasteiger partial charge in [0.15, 0.2) is 0 Å². The summed E-state index contributed by atoms with van der Waals surface area (Å²) in [6.07, 6.45) is 22.2. The van der Waals surface area contributed by atoms with E-state index in [9.17, 15) is 4.79 Å². The van der Waals surface area contributed by atoms with Crippen molar-refractivity contribution < 1.29 is 9.53 Å². The Bertz CT molecular complexity index is 464. The Morgan fingerprint density at radius 2 is 1.27 bits per heavy atom. The number of benzene rings is 1. The van der Waals surface area contributed by atoms with Gasteiger partial charge in [-0.1, -0.05) is 108 Å². The number of carbonyl (C=O) groups excluding carboxylic acids is 1. The van der Waals surface area contributed by atoms with Crippen LogP contribution in [0.15, 0.2) is 42.5 Å². The smallest absolute Gasteiger partial charge is 0.335 e. The molecule has 0 aliphatic heterocycles. The van der Waals surface area contributed by atoms with E-state index in [0.29, 0.717) is 5.75 Å². The van der Waals surface area contributed by atoms with Gasteiger partial charge in [-0.2, -0.15) is 0 Å². The quantitative estimate of drug-likeness (QED) is 0.131. The summed E-state index contributed by atoms with van der Waals surface area (Å²) in [6.45, 7) is 2.27. The Balaban J connectivity index is 1.83. The molecule has 0 aromatic heterocycles. The van der Waals surface area contributed by atoms with Crippen LogP contribution in [0.5, 0.6) is 5.75 Å². The molecule has 0 saturated carbocycles. The molecular formula is C24H38O2. The van der Waals surface area contributed by atoms with E-state index in [0.717, 1.165) is 12.8 Å². The molecule has 2 nitrogen and oxygen atoms in total. The first-order valence-corrected chi connectivity index (χ1v) is 10.8. The minimum Gasteiger partial charge on any atom is -0.423 e. The largest absolute Gasteiger partial charge is 0.423 e. The van der Waals surface area contributed by atoms with Gasteiger partial charge in [-0.05, 0) is 25.0 Å². The van der Waals surface area contributed by atoms with E-state index in [1.165, 1.54) is 77.0 Å². The van der Waals surface area contributed by atoms with Crippen LogP contribution in [-0.4, -0.2) is 5.97 Å². The highest BCUT2D eigenvalue weighted by Crippen LogP contribution is 2.13. The molecule has 0 spiro atoms. The highest BCUT2D eigenvalue weighted by Gasteiger charge is 1.98. The van der Waals surface area contributed by atoms with Crippen molar-refractivity contribution in [1.29, 1.82) is 0 Å². The molecule has 0 N–H and O–H groups in total. The Morgan fingerprint density at radius 1 is 0.769 bits per heavy atom. The van der Waals surface area contributed by atoms with Crippen molar-refractivity contribution in [2.24, 2.45) is 0 Å². The second kappa shape index (κ2) is 16.9. The lowest BCUT2D eigenvalue weighted by Gasteiger charge is -2.02. The first-order valence-electron chi connectivity index (χ1n) is 10.8. The fourth-order valence-electron chi connectivity index (χ4n) is 3.10. The van der Waals surface area contributed by atoms with Crippen molar-refractivity contribution in [3.05, 3.63) is 42.5 Å². The molecule has 0 fully saturated rings. The van der Waals surface area contributed by atoms with Crippen LogP contribution in [0.2, 0.25) is 0 Å². The topological polar surface area (TPSA) is 26.3 Å². The number of carbonyl (C=O) groups is 1. The van der Waals surface area contributed by atoms with Crippen LogP contribution in [0.4, 0.5) is 0 Å². The maximum absolute atomic E-state index is 11.6. The Hall–Kier alpha value is -1.57. The molecule has 0 saturated heterocycles. The number of hydrogen-bond donors (Lipinski definition) is 0. The van der Waals surface area contributed by atoms with Crippen molar-refractivity contribution in [2.75, 3.05) is 0 Å². The van der Waals surface area contributed by atoms with Gasteiger partial charge in [-0.15, -0.1) is 0 Å². The number of ether oxygens (including phenoxy) is 1. The first kappa shape index (κ1) is 22.5. The van der Waals surface area contributed by atoms with Crippen LogP contribution in [-0.2, 0) is 4.79 Å². The third-order valence-corrected chi connectivity index (χ3v) is 4.69. The first-order chi connectivity index (χ1) is 12.8. The molecule has 1 aromatic rings. The van der Waals surface area contributed by atoms with Crippen molar-refractivity contribution in [3.63, 3.8) is 0 Å². The van der Waals surface area contributed by atoms with Crippen molar-refractivity contribution in [2.45, 2.75) is 96.8 Å². The zero-order chi connectivity index (χ0) is 18.7. The number of unbranched alkanes of at least 4 members (excludes halogenated alkanes) is 13. The average molecular weight is 359 g/mol. The van der Waals surface area contributed by atoms with Gasteiger partial charge < -0.3 is 4.74 Å². The summed E-state index contributed by atoms with van der Waals surface area (Å²) in [4.78, 5) is 11.6. The van der Waals surface area contributed by atoms with E-state index in [1.54, 1.807) is 18.2 Å². The fourth-order valence-corrected chi connectivity index (χ4v) is 3.10. The zero-order valence-corrected chi connectivity index (χ0v) is 16.8. The van der Waals surface area contributed by atoms with Gasteiger partial charge in [0.1, 0.15) is 5.75 Å². The monoisotopic (exact) mass is 358 g/mol. The van der Waals surface area contributed by atoms with Crippen LogP contribution in [0.25, 0.3) is 0 Å². The molecule has 26 heavy (non-hydrogen) atoms. The summed E-state index contributed by atoms with van der Waals surface area (Å²) in [5, 5.41) is 0. The average Bonchev–Trinajstić information content (AvgIpc) is 2.65. The molecule has 1 rings (SSSR count). The van der Waals surface area contributed by atoms with E-state index in [4.69, 9.17) is 4.74 Å². The van der Waals surface area contributed by atoms with Gasteiger partial charge in [-0.25, -0.2) is 4.79 Å². The third-order valence-electron chi connectivity index (χ3n) is 4.69. The van der Waals surface area contributed by atoms with Gasteiger partial charge in [0.25, 0.3) is 0 Å². The second-order valence-electron chi connectivity index (χ2n) is 7.17. The minimum absolute atomic E-state index is 0.286. The molecule has 2 heteroatoms. The molecule has 146 valence electrons. The van der Waals surface area contributed by atoms with Gasteiger partial charge in [0.05, 0.1) is 0 Å². The van der Waals surface area contributed by atoms with Gasteiger partial charge in [0, 0.05) is 6.08 Å². The summed E-state index contributed by atoms with van der Waals surface area (Å²) in [5.41, 5.74) is 0. The highest BCUT2D eigenvalue weighted by atomic mass is 16.5. The summed E-state index contributed by atoms with van der Waals surface area (Å²) in [6, 6.07) is 9.21. The molecule has 0 amide bonds. The number of esters is 1. The molecule has 0 bridgehead atoms. The summed E-state index contributed by atoms with van der Waals surface area (Å²) >= 11 is 0. The number of allylic oxidation sites excluding steroid dienone is 1. The number of para-hydroxylation sites is 1. The normalized spacial score (nSPS) is 11.1. The Kier molecular flexibility index (Phi) is 14.6. The van der Waals surface area contributed by atoms with E-state index in [-0.39, 0.29) is 5.97 Å². The van der Waals surface area contributed by atoms with E-state index in [1.807, 2.05) is 24.3 Å². The van der Waals surface area contributed by atoms with E-state index < -0.39 is 0 Å². The maximum atomic E-state index is 11.6. The second-order valence-corrected chi connectivity index (χ2v) is 7.17. The van der Waals surface area contributed by atoms with Crippen molar-refractivity contribution in [3.8, 4) is 5.75 Å². The highest BCUT2D eigenvalue weighted by molar-refractivity contribution is 5.83. The van der Waals surface area contributed by atoms with Crippen molar-refractivity contribution in [1.82, 2.24) is 0 Å². The summed E-state index contributed by atoms with van der Waals surface area (Å²) in [7, 11) is 0. The minimum atomic E-state index is -0.286. The Labute approximate surface area is 161 Å². The third kappa shape index (κ3) is 13.7. The molecule has 0 heterocycles. The van der Waals surface area contributed by atoms with Crippen molar-refractivity contribution >= 4 is 5.97 Å². The maximum Gasteiger partial charge on any atom is 0.335 e. The van der Waals surface area contributed by atoms with Crippen LogP contribution >= 0.6 is 0 Å². The lowest BCUT2D eigenvalue weighted by Crippen LogP contribution is -2.03. The lowest BCUT2D eigenvalue weighted by molar-refractivity contribution is -0.129. The molecule has 0 aliphatic carbocycles. The van der Waals surface area contributed by atoms with Crippen LogP contribution < -0.4 is 4.74 Å². The Morgan fingerprint density at radius 3 is 1.81 bits per heavy atom. The predicted molar refractivity (Wildman–Crippen MR) is 112 cm³/mol. The van der Waals surface area contributed by atoms with E-state index >= 15 is 0 Å². The lowest BCUT2D eigenvalue weighted by atomic mass is 10.0. The molecular weight excluding hydrogens is 320 g/mol. The summed E-state index contributed by atoms with van der Waals surface area (Å²) in [5.74, 6) is 0.314. The van der Waals surface area contributed by atoms with Crippen LogP contribution in [0.1, 0.15) is 96.8 Å². The molecule has 0 radical (unpaired) electrons. The predicted octanol–water partition coefficient (Wildman–Crippen LogP) is 7.63. The molecule has 1 aromatic carbocycles. The van der Waals surface area contributed by atoms with E-state index in [2.05, 4.69) is 6.92 Å². The standard InChI is InChI=1S/C24H38O2/c1-2-3-4-5-6-7-8-9-10-11-12-13-14-15-19-22-24(25)26-23-20-17-16-18-21-23/h16-22H,2-15H2,1H3/b22-19+. The SMILES string of the molecule is CCCCCCCCCCCCCCC/C=C/C(=O)Oc1ccccc1. The zero-order valence-electron chi connectivity index (χ0n) is 16.8. The van der Waals surface area contributed by atoms with Gasteiger partial charge in [-0.3, -0.25) is 0 Å². The molecule has 0 aliphatic rings. The number of hydrogen-bond acceptors (Lipinski definition) is 2. The fraction of sp³-hybridized carbons (Fsp3) is 0.625. The van der Waals surface area contributed by atoms with Gasteiger partial charge in [0.2, 0.25) is 0 Å². The number of rotatable bonds is 16. The van der Waals surface area contributed by atoms with Crippen LogP contribution in [0.3, 0.4) is 0 Å². The van der Waals surface area contributed by atoms with Gasteiger partial charge >= 0.3 is 5.97 Å². The molecule has 0 atom stereocenters. The molecule has 0 unspecified atom stereocenters. The summed E-state index contributed by atoms with van der Waals surface area (Å²) < 4.78 is 5.21.